The molecule has 4 amide bonds. The summed E-state index contributed by atoms with van der Waals surface area (Å²) in [4.78, 5) is 40.3. The Morgan fingerprint density at radius 3 is 2.44 bits per heavy atom. The average molecular weight is 365 g/mol. The second-order valence-electron chi connectivity index (χ2n) is 6.27. The fraction of sp³-hybridized carbons (Fsp3) is 0.438. The van der Waals surface area contributed by atoms with Crippen molar-refractivity contribution in [3.63, 3.8) is 0 Å². The molecular formula is C16H19N3O5S. The Hall–Kier alpha value is -2.42. The number of carbonyl (C=O) groups excluding carboxylic acids is 3. The standard InChI is InChI=1S/C16H19N3O5S/c1-17-9-14(20)18(16(17)22)10-15(21)19(12-5-3-2-4-6-12)13-7-8-25(23,24)11-13/h2-6,13H,7-11H2,1H3/t13-/m0/s1. The first-order chi connectivity index (χ1) is 11.8. The van der Waals surface area contributed by atoms with Gasteiger partial charge < -0.3 is 9.80 Å². The first-order valence-electron chi connectivity index (χ1n) is 7.91. The van der Waals surface area contributed by atoms with Crippen LogP contribution in [0.15, 0.2) is 30.3 Å². The normalized spacial score (nSPS) is 22.5. The first-order valence-corrected chi connectivity index (χ1v) is 9.73. The van der Waals surface area contributed by atoms with Gasteiger partial charge in [0, 0.05) is 12.7 Å². The van der Waals surface area contributed by atoms with Crippen LogP contribution in [-0.4, -0.2) is 73.7 Å². The number of imide groups is 1. The first kappa shape index (κ1) is 17.4. The van der Waals surface area contributed by atoms with Crippen molar-refractivity contribution in [3.05, 3.63) is 30.3 Å². The largest absolute Gasteiger partial charge is 0.327 e. The molecule has 9 heteroatoms. The highest BCUT2D eigenvalue weighted by Crippen LogP contribution is 2.25. The van der Waals surface area contributed by atoms with Crippen LogP contribution in [0.25, 0.3) is 0 Å². The van der Waals surface area contributed by atoms with Gasteiger partial charge in [-0.3, -0.25) is 14.5 Å². The molecule has 1 atom stereocenters. The minimum Gasteiger partial charge on any atom is -0.318 e. The van der Waals surface area contributed by atoms with E-state index < -0.39 is 40.3 Å². The zero-order valence-electron chi connectivity index (χ0n) is 13.8. The van der Waals surface area contributed by atoms with Crippen molar-refractivity contribution in [3.8, 4) is 0 Å². The minimum atomic E-state index is -3.19. The van der Waals surface area contributed by atoms with Gasteiger partial charge in [-0.05, 0) is 18.6 Å². The van der Waals surface area contributed by atoms with Crippen LogP contribution in [0.1, 0.15) is 6.42 Å². The van der Waals surface area contributed by atoms with Crippen LogP contribution < -0.4 is 4.90 Å². The van der Waals surface area contributed by atoms with E-state index >= 15 is 0 Å². The molecule has 25 heavy (non-hydrogen) atoms. The number of sulfone groups is 1. The molecule has 2 aliphatic heterocycles. The zero-order chi connectivity index (χ0) is 18.2. The van der Waals surface area contributed by atoms with E-state index in [9.17, 15) is 22.8 Å². The summed E-state index contributed by atoms with van der Waals surface area (Å²) in [5.74, 6) is -0.994. The molecule has 1 aromatic carbocycles. The smallest absolute Gasteiger partial charge is 0.318 e. The monoisotopic (exact) mass is 365 g/mol. The Morgan fingerprint density at radius 2 is 1.92 bits per heavy atom. The van der Waals surface area contributed by atoms with Crippen molar-refractivity contribution in [2.45, 2.75) is 12.5 Å². The highest BCUT2D eigenvalue weighted by Gasteiger charge is 2.39. The van der Waals surface area contributed by atoms with Crippen molar-refractivity contribution in [2.24, 2.45) is 0 Å². The quantitative estimate of drug-likeness (QED) is 0.706. The van der Waals surface area contributed by atoms with E-state index in [4.69, 9.17) is 0 Å². The van der Waals surface area contributed by atoms with Crippen molar-refractivity contribution in [1.29, 1.82) is 0 Å². The zero-order valence-corrected chi connectivity index (χ0v) is 14.6. The predicted octanol–water partition coefficient (Wildman–Crippen LogP) is 0.101. The molecule has 0 bridgehead atoms. The number of carbonyl (C=O) groups is 3. The number of para-hydroxylation sites is 1. The number of rotatable bonds is 4. The van der Waals surface area contributed by atoms with Crippen LogP contribution in [0.3, 0.4) is 0 Å². The lowest BCUT2D eigenvalue weighted by atomic mass is 10.1. The van der Waals surface area contributed by atoms with Crippen molar-refractivity contribution >= 4 is 33.4 Å². The Morgan fingerprint density at radius 1 is 1.24 bits per heavy atom. The molecule has 2 fully saturated rings. The van der Waals surface area contributed by atoms with Gasteiger partial charge in [-0.15, -0.1) is 0 Å². The van der Waals surface area contributed by atoms with E-state index in [0.29, 0.717) is 12.1 Å². The van der Waals surface area contributed by atoms with Gasteiger partial charge in [0.15, 0.2) is 9.84 Å². The van der Waals surface area contributed by atoms with Crippen LogP contribution in [0, 0.1) is 0 Å². The molecule has 0 aromatic heterocycles. The molecule has 3 rings (SSSR count). The maximum atomic E-state index is 12.9. The van der Waals surface area contributed by atoms with Crippen molar-refractivity contribution < 1.29 is 22.8 Å². The second-order valence-corrected chi connectivity index (χ2v) is 8.50. The fourth-order valence-corrected chi connectivity index (χ4v) is 4.86. The highest BCUT2D eigenvalue weighted by molar-refractivity contribution is 7.91. The lowest BCUT2D eigenvalue weighted by Gasteiger charge is -2.29. The van der Waals surface area contributed by atoms with Crippen molar-refractivity contribution in [2.75, 3.05) is 36.5 Å². The molecule has 0 saturated carbocycles. The number of hydrogen-bond donors (Lipinski definition) is 0. The van der Waals surface area contributed by atoms with Gasteiger partial charge >= 0.3 is 6.03 Å². The average Bonchev–Trinajstić information content (AvgIpc) is 3.02. The van der Waals surface area contributed by atoms with E-state index in [0.717, 1.165) is 4.90 Å². The maximum absolute atomic E-state index is 12.9. The SMILES string of the molecule is CN1CC(=O)N(CC(=O)N(c2ccccc2)[C@H]2CCS(=O)(=O)C2)C1=O. The summed E-state index contributed by atoms with van der Waals surface area (Å²) in [6, 6.07) is 7.69. The number of likely N-dealkylation sites (N-methyl/N-ethyl adjacent to an activating group) is 1. The summed E-state index contributed by atoms with van der Waals surface area (Å²) in [7, 11) is -1.70. The van der Waals surface area contributed by atoms with Crippen LogP contribution >= 0.6 is 0 Å². The molecule has 0 N–H and O–H groups in total. The number of amides is 4. The number of nitrogens with zero attached hydrogens (tertiary/aromatic N) is 3. The van der Waals surface area contributed by atoms with Crippen LogP contribution in [0.5, 0.6) is 0 Å². The topological polar surface area (TPSA) is 95.1 Å². The molecule has 0 aliphatic carbocycles. The van der Waals surface area contributed by atoms with E-state index in [1.807, 2.05) is 0 Å². The number of benzene rings is 1. The molecule has 0 unspecified atom stereocenters. The Labute approximate surface area is 145 Å². The summed E-state index contributed by atoms with van der Waals surface area (Å²) in [6.07, 6.45) is 0.338. The Kier molecular flexibility index (Phi) is 4.51. The fourth-order valence-electron chi connectivity index (χ4n) is 3.16. The molecule has 0 radical (unpaired) electrons. The Bertz CT molecular complexity index is 808. The van der Waals surface area contributed by atoms with E-state index in [1.54, 1.807) is 30.3 Å². The van der Waals surface area contributed by atoms with Crippen LogP contribution in [0.2, 0.25) is 0 Å². The molecule has 2 heterocycles. The lowest BCUT2D eigenvalue weighted by molar-refractivity contribution is -0.129. The van der Waals surface area contributed by atoms with E-state index in [-0.39, 0.29) is 18.1 Å². The summed E-state index contributed by atoms with van der Waals surface area (Å²) < 4.78 is 23.7. The molecular weight excluding hydrogens is 346 g/mol. The van der Waals surface area contributed by atoms with E-state index in [1.165, 1.54) is 16.8 Å². The third kappa shape index (κ3) is 3.51. The number of urea groups is 1. The summed E-state index contributed by atoms with van der Waals surface area (Å²) >= 11 is 0. The summed E-state index contributed by atoms with van der Waals surface area (Å²) in [5, 5.41) is 0. The summed E-state index contributed by atoms with van der Waals surface area (Å²) in [6.45, 7) is -0.456. The third-order valence-corrected chi connectivity index (χ3v) is 6.15. The summed E-state index contributed by atoms with van der Waals surface area (Å²) in [5.41, 5.74) is 0.557. The predicted molar refractivity (Wildman–Crippen MR) is 90.7 cm³/mol. The van der Waals surface area contributed by atoms with Gasteiger partial charge in [0.25, 0.3) is 5.91 Å². The second kappa shape index (κ2) is 6.47. The lowest BCUT2D eigenvalue weighted by Crippen LogP contribution is -2.48. The number of hydrogen-bond acceptors (Lipinski definition) is 5. The molecule has 2 aliphatic rings. The van der Waals surface area contributed by atoms with Gasteiger partial charge in [0.05, 0.1) is 17.5 Å². The molecule has 1 aromatic rings. The molecule has 2 saturated heterocycles. The van der Waals surface area contributed by atoms with Gasteiger partial charge in [-0.2, -0.15) is 0 Å². The van der Waals surface area contributed by atoms with Crippen molar-refractivity contribution in [1.82, 2.24) is 9.80 Å². The maximum Gasteiger partial charge on any atom is 0.327 e. The molecule has 8 nitrogen and oxygen atoms in total. The van der Waals surface area contributed by atoms with Crippen LogP contribution in [0.4, 0.5) is 10.5 Å². The van der Waals surface area contributed by atoms with Gasteiger partial charge in [-0.1, -0.05) is 18.2 Å². The molecule has 0 spiro atoms. The highest BCUT2D eigenvalue weighted by atomic mass is 32.2. The number of anilines is 1. The minimum absolute atomic E-state index is 0.0264. The van der Waals surface area contributed by atoms with E-state index in [2.05, 4.69) is 0 Å². The van der Waals surface area contributed by atoms with Gasteiger partial charge in [-0.25, -0.2) is 13.2 Å². The molecule has 134 valence electrons. The van der Waals surface area contributed by atoms with Gasteiger partial charge in [0.2, 0.25) is 5.91 Å². The Balaban J connectivity index is 1.86. The third-order valence-electron chi connectivity index (χ3n) is 4.40. The van der Waals surface area contributed by atoms with Crippen LogP contribution in [-0.2, 0) is 19.4 Å². The van der Waals surface area contributed by atoms with Gasteiger partial charge in [0.1, 0.15) is 13.1 Å².